The highest BCUT2D eigenvalue weighted by Crippen LogP contribution is 2.23. The van der Waals surface area contributed by atoms with Crippen LogP contribution in [0, 0.1) is 17.3 Å². The van der Waals surface area contributed by atoms with Gasteiger partial charge >= 0.3 is 11.9 Å². The molecule has 0 heterocycles. The van der Waals surface area contributed by atoms with Crippen molar-refractivity contribution in [1.82, 2.24) is 10.6 Å². The molecule has 0 saturated heterocycles. The molecule has 2 atom stereocenters. The van der Waals surface area contributed by atoms with E-state index in [0.717, 1.165) is 6.42 Å². The van der Waals surface area contributed by atoms with Gasteiger partial charge in [0.1, 0.15) is 12.1 Å². The van der Waals surface area contributed by atoms with E-state index in [9.17, 15) is 14.4 Å². The zero-order chi connectivity index (χ0) is 21.2. The first kappa shape index (κ1) is 25.4. The first-order valence-electron chi connectivity index (χ1n) is 9.85. The molecule has 27 heavy (non-hydrogen) atoms. The summed E-state index contributed by atoms with van der Waals surface area (Å²) < 4.78 is 0. The van der Waals surface area contributed by atoms with Crippen LogP contribution in [0.3, 0.4) is 0 Å². The van der Waals surface area contributed by atoms with Crippen molar-refractivity contribution in [3.05, 3.63) is 0 Å². The highest BCUT2D eigenvalue weighted by Gasteiger charge is 2.33. The Kier molecular flexibility index (Phi) is 11.2. The second-order valence-corrected chi connectivity index (χ2v) is 8.57. The lowest BCUT2D eigenvalue weighted by atomic mass is 9.86. The Labute approximate surface area is 163 Å². The van der Waals surface area contributed by atoms with Gasteiger partial charge in [0.2, 0.25) is 5.91 Å². The Morgan fingerprint density at radius 3 is 1.74 bits per heavy atom. The van der Waals surface area contributed by atoms with Gasteiger partial charge in [-0.3, -0.25) is 4.79 Å². The van der Waals surface area contributed by atoms with Crippen LogP contribution < -0.4 is 10.6 Å². The first-order valence-corrected chi connectivity index (χ1v) is 9.85. The number of likely N-dealkylation sites (N-methyl/N-ethyl adjacent to an activating group) is 1. The van der Waals surface area contributed by atoms with Crippen LogP contribution in [0.4, 0.5) is 0 Å². The lowest BCUT2D eigenvalue weighted by molar-refractivity contribution is -0.262. The zero-order valence-corrected chi connectivity index (χ0v) is 18.2. The second kappa shape index (κ2) is 12.0. The maximum absolute atomic E-state index is 12.5. The highest BCUT2D eigenvalue weighted by molar-refractivity contribution is 5.87. The van der Waals surface area contributed by atoms with Gasteiger partial charge in [0.05, 0.1) is 0 Å². The van der Waals surface area contributed by atoms with Crippen molar-refractivity contribution in [2.45, 2.75) is 86.2 Å². The molecule has 0 saturated carbocycles. The number of hydrogen-bond donors (Lipinski definition) is 2. The predicted molar refractivity (Wildman–Crippen MR) is 105 cm³/mol. The molecule has 158 valence electrons. The summed E-state index contributed by atoms with van der Waals surface area (Å²) >= 11 is 0. The normalized spacial score (nSPS) is 14.0. The number of nitrogens with one attached hydrogen (secondary N) is 2. The molecule has 0 rings (SSSR count). The number of carbonyl (C=O) groups excluding carboxylic acids is 3. The minimum atomic E-state index is -0.862. The summed E-state index contributed by atoms with van der Waals surface area (Å²) in [5.74, 6) is -1.21. The van der Waals surface area contributed by atoms with E-state index in [-0.39, 0.29) is 17.7 Å². The fraction of sp³-hybridized carbons (Fsp3) is 0.850. The van der Waals surface area contributed by atoms with E-state index >= 15 is 0 Å². The molecule has 2 N–H and O–H groups in total. The minimum absolute atomic E-state index is 0.152. The molecular formula is C20H38N2O5. The molecule has 0 aliphatic rings. The summed E-state index contributed by atoms with van der Waals surface area (Å²) in [6.45, 7) is 13.5. The fourth-order valence-electron chi connectivity index (χ4n) is 2.78. The minimum Gasteiger partial charge on any atom is -0.342 e. The molecule has 0 bridgehead atoms. The summed E-state index contributed by atoms with van der Waals surface area (Å²) in [4.78, 5) is 46.5. The molecular weight excluding hydrogens is 348 g/mol. The molecule has 0 radical (unpaired) electrons. The van der Waals surface area contributed by atoms with Crippen LogP contribution in [-0.2, 0) is 24.2 Å². The lowest BCUT2D eigenvalue weighted by Crippen LogP contribution is -2.48. The van der Waals surface area contributed by atoms with E-state index in [0.29, 0.717) is 19.3 Å². The molecule has 0 aromatic rings. The molecule has 0 aromatic heterocycles. The van der Waals surface area contributed by atoms with Crippen molar-refractivity contribution in [3.63, 3.8) is 0 Å². The Bertz CT molecular complexity index is 489. The average molecular weight is 387 g/mol. The molecule has 0 aliphatic carbocycles. The molecule has 0 aromatic carbocycles. The molecule has 2 unspecified atom stereocenters. The van der Waals surface area contributed by atoms with Crippen LogP contribution in [0.5, 0.6) is 0 Å². The van der Waals surface area contributed by atoms with Gasteiger partial charge in [-0.1, -0.05) is 54.9 Å². The van der Waals surface area contributed by atoms with Crippen LogP contribution >= 0.6 is 0 Å². The van der Waals surface area contributed by atoms with Crippen LogP contribution in [0.25, 0.3) is 0 Å². The predicted octanol–water partition coefficient (Wildman–Crippen LogP) is 2.98. The molecule has 7 nitrogen and oxygen atoms in total. The van der Waals surface area contributed by atoms with Crippen molar-refractivity contribution in [2.24, 2.45) is 17.3 Å². The Balaban J connectivity index is 4.92. The van der Waals surface area contributed by atoms with Crippen LogP contribution in [0.2, 0.25) is 0 Å². The SMILES string of the molecule is CCCC(C)(C)C(=O)NC(CC(C)C)C(=O)OOC(=O)C(CC(C)C)NC. The highest BCUT2D eigenvalue weighted by atomic mass is 17.2. The topological polar surface area (TPSA) is 93.7 Å². The van der Waals surface area contributed by atoms with E-state index in [2.05, 4.69) is 10.6 Å². The van der Waals surface area contributed by atoms with Gasteiger partial charge in [-0.15, -0.1) is 0 Å². The van der Waals surface area contributed by atoms with Gasteiger partial charge in [-0.25, -0.2) is 19.4 Å². The van der Waals surface area contributed by atoms with Crippen molar-refractivity contribution in [1.29, 1.82) is 0 Å². The van der Waals surface area contributed by atoms with Gasteiger partial charge in [-0.2, -0.15) is 0 Å². The summed E-state index contributed by atoms with van der Waals surface area (Å²) in [5, 5.41) is 5.60. The lowest BCUT2D eigenvalue weighted by Gasteiger charge is -2.26. The largest absolute Gasteiger partial charge is 0.377 e. The summed E-state index contributed by atoms with van der Waals surface area (Å²) in [7, 11) is 1.65. The molecule has 0 spiro atoms. The third-order valence-corrected chi connectivity index (χ3v) is 4.33. The van der Waals surface area contributed by atoms with E-state index < -0.39 is 29.4 Å². The number of amides is 1. The maximum atomic E-state index is 12.5. The van der Waals surface area contributed by atoms with Crippen LogP contribution in [0.15, 0.2) is 0 Å². The molecule has 0 aliphatic heterocycles. The van der Waals surface area contributed by atoms with Crippen molar-refractivity contribution in [3.8, 4) is 0 Å². The van der Waals surface area contributed by atoms with E-state index in [1.807, 2.05) is 48.5 Å². The van der Waals surface area contributed by atoms with E-state index in [1.54, 1.807) is 7.05 Å². The standard InChI is InChI=1S/C20H38N2O5/c1-9-10-20(6,7)19(25)22-16(12-14(4)5)18(24)27-26-17(23)15(21-8)11-13(2)3/h13-16,21H,9-12H2,1-8H3,(H,22,25). The van der Waals surface area contributed by atoms with Gasteiger partial charge in [0, 0.05) is 5.41 Å². The Morgan fingerprint density at radius 2 is 1.33 bits per heavy atom. The van der Waals surface area contributed by atoms with E-state index in [4.69, 9.17) is 9.78 Å². The number of hydrogen-bond acceptors (Lipinski definition) is 6. The fourth-order valence-corrected chi connectivity index (χ4v) is 2.78. The Morgan fingerprint density at radius 1 is 0.889 bits per heavy atom. The summed E-state index contributed by atoms with van der Waals surface area (Å²) in [6.07, 6.45) is 2.52. The van der Waals surface area contributed by atoms with Gasteiger partial charge < -0.3 is 10.6 Å². The van der Waals surface area contributed by atoms with Gasteiger partial charge in [-0.05, 0) is 38.1 Å². The summed E-state index contributed by atoms with van der Waals surface area (Å²) in [6, 6.07) is -1.42. The average Bonchev–Trinajstić information content (AvgIpc) is 2.55. The molecule has 0 fully saturated rings. The smallest absolute Gasteiger partial charge is 0.342 e. The quantitative estimate of drug-likeness (QED) is 0.419. The first-order chi connectivity index (χ1) is 12.4. The van der Waals surface area contributed by atoms with Crippen molar-refractivity contribution < 1.29 is 24.2 Å². The third kappa shape index (κ3) is 9.75. The number of carbonyl (C=O) groups is 3. The van der Waals surface area contributed by atoms with E-state index in [1.165, 1.54) is 0 Å². The van der Waals surface area contributed by atoms with Crippen molar-refractivity contribution in [2.75, 3.05) is 7.05 Å². The van der Waals surface area contributed by atoms with Gasteiger partial charge in [0.25, 0.3) is 0 Å². The second-order valence-electron chi connectivity index (χ2n) is 8.57. The van der Waals surface area contributed by atoms with Crippen molar-refractivity contribution >= 4 is 17.8 Å². The molecule has 1 amide bonds. The van der Waals surface area contributed by atoms with Crippen LogP contribution in [0.1, 0.15) is 74.1 Å². The summed E-state index contributed by atoms with van der Waals surface area (Å²) in [5.41, 5.74) is -0.588. The third-order valence-electron chi connectivity index (χ3n) is 4.33. The molecule has 7 heteroatoms. The number of rotatable bonds is 11. The Hall–Kier alpha value is -1.63. The zero-order valence-electron chi connectivity index (χ0n) is 18.2. The maximum Gasteiger partial charge on any atom is 0.377 e. The van der Waals surface area contributed by atoms with Crippen LogP contribution in [-0.4, -0.2) is 37.0 Å². The monoisotopic (exact) mass is 386 g/mol. The van der Waals surface area contributed by atoms with Gasteiger partial charge in [0.15, 0.2) is 0 Å².